The summed E-state index contributed by atoms with van der Waals surface area (Å²) in [6.45, 7) is 5.94. The fourth-order valence-corrected chi connectivity index (χ4v) is 3.11. The Morgan fingerprint density at radius 3 is 2.67 bits per heavy atom. The van der Waals surface area contributed by atoms with Gasteiger partial charge in [0.25, 0.3) is 0 Å². The van der Waals surface area contributed by atoms with Crippen LogP contribution < -0.4 is 10.1 Å². The summed E-state index contributed by atoms with van der Waals surface area (Å²) < 4.78 is 11.2. The number of furan rings is 1. The highest BCUT2D eigenvalue weighted by molar-refractivity contribution is 7.80. The van der Waals surface area contributed by atoms with Crippen LogP contribution in [0.4, 0.5) is 5.69 Å². The molecule has 140 valence electrons. The van der Waals surface area contributed by atoms with Crippen molar-refractivity contribution in [3.8, 4) is 5.75 Å². The van der Waals surface area contributed by atoms with Crippen LogP contribution in [0.2, 0.25) is 0 Å². The van der Waals surface area contributed by atoms with E-state index in [9.17, 15) is 0 Å². The third-order valence-electron chi connectivity index (χ3n) is 4.10. The topological polar surface area (TPSA) is 37.6 Å². The zero-order valence-electron chi connectivity index (χ0n) is 15.6. The van der Waals surface area contributed by atoms with Crippen molar-refractivity contribution in [2.75, 3.05) is 11.9 Å². The summed E-state index contributed by atoms with van der Waals surface area (Å²) in [7, 11) is 0. The molecule has 3 rings (SSSR count). The van der Waals surface area contributed by atoms with Gasteiger partial charge >= 0.3 is 0 Å². The van der Waals surface area contributed by atoms with E-state index in [0.29, 0.717) is 24.8 Å². The molecule has 2 aromatic carbocycles. The number of rotatable bonds is 7. The predicted molar refractivity (Wildman–Crippen MR) is 113 cm³/mol. The maximum atomic E-state index is 5.72. The van der Waals surface area contributed by atoms with Gasteiger partial charge in [-0.1, -0.05) is 42.0 Å². The number of anilines is 1. The van der Waals surface area contributed by atoms with E-state index >= 15 is 0 Å². The molecule has 0 aliphatic carbocycles. The summed E-state index contributed by atoms with van der Waals surface area (Å²) in [4.78, 5) is 2.09. The zero-order valence-corrected chi connectivity index (χ0v) is 16.5. The fraction of sp³-hybridized carbons (Fsp3) is 0.227. The van der Waals surface area contributed by atoms with Crippen LogP contribution in [0.3, 0.4) is 0 Å². The number of nitrogens with one attached hydrogen (secondary N) is 1. The van der Waals surface area contributed by atoms with Crippen molar-refractivity contribution < 1.29 is 9.15 Å². The van der Waals surface area contributed by atoms with Crippen LogP contribution in [0.5, 0.6) is 5.75 Å². The average molecular weight is 381 g/mol. The second-order valence-corrected chi connectivity index (χ2v) is 6.67. The van der Waals surface area contributed by atoms with Gasteiger partial charge in [-0.3, -0.25) is 0 Å². The maximum Gasteiger partial charge on any atom is 0.174 e. The molecule has 0 bridgehead atoms. The molecule has 0 fully saturated rings. The number of nitrogens with zero attached hydrogens (tertiary/aromatic N) is 1. The molecule has 5 heteroatoms. The monoisotopic (exact) mass is 380 g/mol. The molecule has 0 saturated heterocycles. The van der Waals surface area contributed by atoms with Gasteiger partial charge in [-0.15, -0.1) is 0 Å². The Kier molecular flexibility index (Phi) is 6.49. The third-order valence-corrected chi connectivity index (χ3v) is 4.46. The minimum absolute atomic E-state index is 0.587. The lowest BCUT2D eigenvalue weighted by molar-refractivity contribution is 0.341. The molecule has 0 radical (unpaired) electrons. The Morgan fingerprint density at radius 2 is 1.93 bits per heavy atom. The normalized spacial score (nSPS) is 10.4. The number of para-hydroxylation sites is 2. The number of ether oxygens (including phenoxy) is 1. The number of hydrogen-bond donors (Lipinski definition) is 1. The van der Waals surface area contributed by atoms with Crippen LogP contribution >= 0.6 is 12.2 Å². The van der Waals surface area contributed by atoms with E-state index in [1.165, 1.54) is 11.1 Å². The van der Waals surface area contributed by atoms with Crippen molar-refractivity contribution in [3.05, 3.63) is 83.8 Å². The molecule has 0 spiro atoms. The molecule has 0 saturated carbocycles. The van der Waals surface area contributed by atoms with Crippen molar-refractivity contribution in [1.82, 2.24) is 4.90 Å². The lowest BCUT2D eigenvalue weighted by atomic mass is 10.1. The van der Waals surface area contributed by atoms with Crippen molar-refractivity contribution in [2.45, 2.75) is 26.9 Å². The first-order valence-corrected chi connectivity index (χ1v) is 9.42. The largest absolute Gasteiger partial charge is 0.492 e. The molecule has 1 aromatic heterocycles. The van der Waals surface area contributed by atoms with Gasteiger partial charge in [-0.05, 0) is 55.9 Å². The molecular weight excluding hydrogens is 356 g/mol. The first-order valence-electron chi connectivity index (χ1n) is 9.01. The van der Waals surface area contributed by atoms with Gasteiger partial charge in [-0.25, -0.2) is 0 Å². The predicted octanol–water partition coefficient (Wildman–Crippen LogP) is 5.39. The van der Waals surface area contributed by atoms with E-state index in [4.69, 9.17) is 21.4 Å². The van der Waals surface area contributed by atoms with E-state index in [1.807, 2.05) is 43.3 Å². The molecule has 1 heterocycles. The number of aryl methyl sites for hydroxylation is 1. The van der Waals surface area contributed by atoms with Crippen LogP contribution in [0.15, 0.2) is 71.3 Å². The molecule has 3 aromatic rings. The van der Waals surface area contributed by atoms with Crippen molar-refractivity contribution in [2.24, 2.45) is 0 Å². The molecular formula is C22H24N2O2S. The summed E-state index contributed by atoms with van der Waals surface area (Å²) in [5, 5.41) is 3.96. The highest BCUT2D eigenvalue weighted by Crippen LogP contribution is 2.24. The average Bonchev–Trinajstić information content (AvgIpc) is 3.16. The minimum atomic E-state index is 0.587. The lowest BCUT2D eigenvalue weighted by Gasteiger charge is -2.26. The van der Waals surface area contributed by atoms with Crippen LogP contribution in [0, 0.1) is 6.92 Å². The lowest BCUT2D eigenvalue weighted by Crippen LogP contribution is -2.33. The maximum absolute atomic E-state index is 5.72. The van der Waals surface area contributed by atoms with Crippen molar-refractivity contribution in [1.29, 1.82) is 0 Å². The first kappa shape index (κ1) is 19.0. The molecule has 0 aliphatic rings. The second kappa shape index (κ2) is 9.24. The van der Waals surface area contributed by atoms with Gasteiger partial charge < -0.3 is 19.4 Å². The molecule has 0 amide bonds. The van der Waals surface area contributed by atoms with Gasteiger partial charge in [0.1, 0.15) is 11.5 Å². The first-order chi connectivity index (χ1) is 13.2. The number of benzene rings is 2. The quantitative estimate of drug-likeness (QED) is 0.557. The SMILES string of the molecule is CCOc1ccccc1NC(=S)N(Cc1cccc(C)c1)Cc1ccco1. The molecule has 0 unspecified atom stereocenters. The van der Waals surface area contributed by atoms with Crippen LogP contribution in [0.1, 0.15) is 23.8 Å². The molecule has 0 aliphatic heterocycles. The van der Waals surface area contributed by atoms with E-state index in [2.05, 4.69) is 41.4 Å². The summed E-state index contributed by atoms with van der Waals surface area (Å²) in [6.07, 6.45) is 1.68. The Balaban J connectivity index is 1.80. The Morgan fingerprint density at radius 1 is 1.07 bits per heavy atom. The zero-order chi connectivity index (χ0) is 19.1. The summed E-state index contributed by atoms with van der Waals surface area (Å²) >= 11 is 5.72. The molecule has 0 atom stereocenters. The van der Waals surface area contributed by atoms with E-state index in [0.717, 1.165) is 17.2 Å². The third kappa shape index (κ3) is 5.34. The van der Waals surface area contributed by atoms with Gasteiger partial charge in [-0.2, -0.15) is 0 Å². The highest BCUT2D eigenvalue weighted by Gasteiger charge is 2.15. The van der Waals surface area contributed by atoms with E-state index < -0.39 is 0 Å². The van der Waals surface area contributed by atoms with Crippen LogP contribution in [-0.4, -0.2) is 16.6 Å². The Hall–Kier alpha value is -2.79. The van der Waals surface area contributed by atoms with Gasteiger partial charge in [0.2, 0.25) is 0 Å². The standard InChI is InChI=1S/C22H24N2O2S/c1-3-25-21-12-5-4-11-20(21)23-22(27)24(16-19-10-7-13-26-19)15-18-9-6-8-17(2)14-18/h4-14H,3,15-16H2,1-2H3,(H,23,27). The molecule has 4 nitrogen and oxygen atoms in total. The van der Waals surface area contributed by atoms with Crippen LogP contribution in [0.25, 0.3) is 0 Å². The Labute approximate surface area is 165 Å². The van der Waals surface area contributed by atoms with Crippen molar-refractivity contribution >= 4 is 23.0 Å². The summed E-state index contributed by atoms with van der Waals surface area (Å²) in [6, 6.07) is 20.1. The number of hydrogen-bond acceptors (Lipinski definition) is 3. The molecule has 1 N–H and O–H groups in total. The summed E-state index contributed by atoms with van der Waals surface area (Å²) in [5.41, 5.74) is 3.29. The van der Waals surface area contributed by atoms with Gasteiger partial charge in [0.05, 0.1) is 25.1 Å². The second-order valence-electron chi connectivity index (χ2n) is 6.28. The van der Waals surface area contributed by atoms with Gasteiger partial charge in [0.15, 0.2) is 5.11 Å². The highest BCUT2D eigenvalue weighted by atomic mass is 32.1. The molecule has 27 heavy (non-hydrogen) atoms. The fourth-order valence-electron chi connectivity index (χ4n) is 2.87. The van der Waals surface area contributed by atoms with E-state index in [-0.39, 0.29) is 0 Å². The van der Waals surface area contributed by atoms with E-state index in [1.54, 1.807) is 6.26 Å². The Bertz CT molecular complexity index is 878. The van der Waals surface area contributed by atoms with Crippen molar-refractivity contribution in [3.63, 3.8) is 0 Å². The number of thiocarbonyl (C=S) groups is 1. The minimum Gasteiger partial charge on any atom is -0.492 e. The van der Waals surface area contributed by atoms with Gasteiger partial charge in [0, 0.05) is 6.54 Å². The smallest absolute Gasteiger partial charge is 0.174 e. The summed E-state index contributed by atoms with van der Waals surface area (Å²) in [5.74, 6) is 1.65. The van der Waals surface area contributed by atoms with Crippen LogP contribution in [-0.2, 0) is 13.1 Å².